The van der Waals surface area contributed by atoms with Crippen molar-refractivity contribution in [3.8, 4) is 0 Å². The molecule has 116 valence electrons. The van der Waals surface area contributed by atoms with Crippen molar-refractivity contribution in [3.63, 3.8) is 0 Å². The second-order valence-corrected chi connectivity index (χ2v) is 7.50. The number of rotatable bonds is 8. The van der Waals surface area contributed by atoms with E-state index >= 15 is 0 Å². The Labute approximate surface area is 122 Å². The van der Waals surface area contributed by atoms with Gasteiger partial charge in [0, 0.05) is 37.6 Å². The van der Waals surface area contributed by atoms with Gasteiger partial charge in [-0.25, -0.2) is 13.1 Å². The van der Waals surface area contributed by atoms with E-state index in [1.165, 1.54) is 0 Å². The van der Waals surface area contributed by atoms with Crippen LogP contribution in [-0.2, 0) is 23.1 Å². The fraction of sp³-hybridized carbons (Fsp3) is 0.714. The fourth-order valence-corrected chi connectivity index (χ4v) is 3.06. The summed E-state index contributed by atoms with van der Waals surface area (Å²) in [6, 6.07) is 2.12. The van der Waals surface area contributed by atoms with E-state index in [0.29, 0.717) is 29.9 Å². The first-order valence-corrected chi connectivity index (χ1v) is 8.66. The van der Waals surface area contributed by atoms with Crippen LogP contribution >= 0.6 is 0 Å². The summed E-state index contributed by atoms with van der Waals surface area (Å²) in [4.78, 5) is 0.348. The molecule has 0 amide bonds. The summed E-state index contributed by atoms with van der Waals surface area (Å²) < 4.78 is 29.0. The van der Waals surface area contributed by atoms with Crippen LogP contribution in [0, 0.1) is 5.92 Å². The lowest BCUT2D eigenvalue weighted by Gasteiger charge is -2.09. The maximum Gasteiger partial charge on any atom is 0.242 e. The molecule has 0 bridgehead atoms. The summed E-state index contributed by atoms with van der Waals surface area (Å²) >= 11 is 0. The van der Waals surface area contributed by atoms with Gasteiger partial charge < -0.3 is 9.88 Å². The second kappa shape index (κ2) is 7.24. The van der Waals surface area contributed by atoms with Crippen LogP contribution in [0.5, 0.6) is 0 Å². The topological polar surface area (TPSA) is 63.1 Å². The van der Waals surface area contributed by atoms with E-state index in [4.69, 9.17) is 0 Å². The minimum absolute atomic E-state index is 0.292. The molecule has 0 atom stereocenters. The standard InChI is InChI=1S/C14H27N3O2S/c1-6-17-10-14(7-13(17)9-15-12(4)5)20(18,19)16-8-11(2)3/h7,10-12,15-16H,6,8-9H2,1-5H3. The number of aromatic nitrogens is 1. The van der Waals surface area contributed by atoms with Crippen molar-refractivity contribution < 1.29 is 8.42 Å². The molecule has 0 radical (unpaired) electrons. The lowest BCUT2D eigenvalue weighted by Crippen LogP contribution is -2.27. The predicted octanol–water partition coefficient (Wildman–Crippen LogP) is 1.94. The van der Waals surface area contributed by atoms with Gasteiger partial charge in [-0.2, -0.15) is 0 Å². The first kappa shape index (κ1) is 17.2. The molecule has 1 aromatic rings. The number of hydrogen-bond donors (Lipinski definition) is 2. The SMILES string of the molecule is CCn1cc(S(=O)(=O)NCC(C)C)cc1CNC(C)C. The molecule has 6 heteroatoms. The van der Waals surface area contributed by atoms with Gasteiger partial charge in [-0.05, 0) is 18.9 Å². The van der Waals surface area contributed by atoms with Crippen molar-refractivity contribution in [2.45, 2.75) is 58.6 Å². The third kappa shape index (κ3) is 4.92. The zero-order chi connectivity index (χ0) is 15.3. The van der Waals surface area contributed by atoms with Gasteiger partial charge in [-0.1, -0.05) is 27.7 Å². The lowest BCUT2D eigenvalue weighted by molar-refractivity contribution is 0.559. The average Bonchev–Trinajstić information content (AvgIpc) is 2.78. The van der Waals surface area contributed by atoms with Crippen molar-refractivity contribution in [3.05, 3.63) is 18.0 Å². The molecule has 0 aliphatic heterocycles. The molecule has 1 heterocycles. The highest BCUT2D eigenvalue weighted by Crippen LogP contribution is 2.15. The molecule has 0 saturated carbocycles. The molecular formula is C14H27N3O2S. The molecule has 0 aliphatic carbocycles. The second-order valence-electron chi connectivity index (χ2n) is 5.73. The Kier molecular flexibility index (Phi) is 6.23. The number of hydrogen-bond acceptors (Lipinski definition) is 3. The van der Waals surface area contributed by atoms with Crippen molar-refractivity contribution in [1.29, 1.82) is 0 Å². The lowest BCUT2D eigenvalue weighted by atomic mass is 10.2. The van der Waals surface area contributed by atoms with Gasteiger partial charge in [0.05, 0.1) is 4.90 Å². The van der Waals surface area contributed by atoms with Gasteiger partial charge in [0.15, 0.2) is 0 Å². The van der Waals surface area contributed by atoms with E-state index in [1.54, 1.807) is 12.3 Å². The number of nitrogens with one attached hydrogen (secondary N) is 2. The Morgan fingerprint density at radius 2 is 1.90 bits per heavy atom. The van der Waals surface area contributed by atoms with Gasteiger partial charge in [0.1, 0.15) is 0 Å². The third-order valence-corrected chi connectivity index (χ3v) is 4.38. The van der Waals surface area contributed by atoms with E-state index in [-0.39, 0.29) is 0 Å². The van der Waals surface area contributed by atoms with Gasteiger partial charge >= 0.3 is 0 Å². The molecule has 1 aromatic heterocycles. The molecule has 0 aromatic carbocycles. The summed E-state index contributed by atoms with van der Waals surface area (Å²) in [6.45, 7) is 12.0. The Bertz CT molecular complexity index is 519. The van der Waals surface area contributed by atoms with E-state index < -0.39 is 10.0 Å². The number of aryl methyl sites for hydroxylation is 1. The molecule has 0 aliphatic rings. The molecule has 1 rings (SSSR count). The summed E-state index contributed by atoms with van der Waals surface area (Å²) in [7, 11) is -3.40. The van der Waals surface area contributed by atoms with Crippen LogP contribution in [0.3, 0.4) is 0 Å². The van der Waals surface area contributed by atoms with Crippen LogP contribution in [-0.4, -0.2) is 25.6 Å². The number of nitrogens with zero attached hydrogens (tertiary/aromatic N) is 1. The molecular weight excluding hydrogens is 274 g/mol. The highest BCUT2D eigenvalue weighted by Gasteiger charge is 2.18. The molecule has 20 heavy (non-hydrogen) atoms. The van der Waals surface area contributed by atoms with Crippen LogP contribution in [0.4, 0.5) is 0 Å². The van der Waals surface area contributed by atoms with Gasteiger partial charge in [-0.15, -0.1) is 0 Å². The molecule has 5 nitrogen and oxygen atoms in total. The largest absolute Gasteiger partial charge is 0.349 e. The zero-order valence-corrected chi connectivity index (χ0v) is 13.9. The highest BCUT2D eigenvalue weighted by atomic mass is 32.2. The van der Waals surface area contributed by atoms with Gasteiger partial charge in [-0.3, -0.25) is 0 Å². The summed E-state index contributed by atoms with van der Waals surface area (Å²) in [6.07, 6.45) is 1.71. The average molecular weight is 301 g/mol. The highest BCUT2D eigenvalue weighted by molar-refractivity contribution is 7.89. The van der Waals surface area contributed by atoms with Crippen molar-refractivity contribution in [2.24, 2.45) is 5.92 Å². The van der Waals surface area contributed by atoms with E-state index in [0.717, 1.165) is 12.2 Å². The van der Waals surface area contributed by atoms with E-state index in [1.807, 2.05) is 25.3 Å². The number of sulfonamides is 1. The fourth-order valence-electron chi connectivity index (χ4n) is 1.78. The normalized spacial score (nSPS) is 12.6. The minimum Gasteiger partial charge on any atom is -0.349 e. The Morgan fingerprint density at radius 1 is 1.25 bits per heavy atom. The summed E-state index contributed by atoms with van der Waals surface area (Å²) in [5.41, 5.74) is 0.992. The minimum atomic E-state index is -3.40. The van der Waals surface area contributed by atoms with Crippen molar-refractivity contribution >= 4 is 10.0 Å². The summed E-state index contributed by atoms with van der Waals surface area (Å²) in [5, 5.41) is 3.32. The van der Waals surface area contributed by atoms with Crippen LogP contribution in [0.1, 0.15) is 40.3 Å². The van der Waals surface area contributed by atoms with Crippen LogP contribution in [0.15, 0.2) is 17.2 Å². The Morgan fingerprint density at radius 3 is 2.40 bits per heavy atom. The first-order valence-electron chi connectivity index (χ1n) is 7.18. The quantitative estimate of drug-likeness (QED) is 0.771. The molecule has 2 N–H and O–H groups in total. The first-order chi connectivity index (χ1) is 9.26. The predicted molar refractivity (Wildman–Crippen MR) is 82.1 cm³/mol. The van der Waals surface area contributed by atoms with Crippen molar-refractivity contribution in [2.75, 3.05) is 6.54 Å². The Balaban J connectivity index is 2.90. The van der Waals surface area contributed by atoms with E-state index in [2.05, 4.69) is 23.9 Å². The van der Waals surface area contributed by atoms with Crippen molar-refractivity contribution in [1.82, 2.24) is 14.6 Å². The zero-order valence-electron chi connectivity index (χ0n) is 13.1. The third-order valence-electron chi connectivity index (χ3n) is 2.98. The van der Waals surface area contributed by atoms with Gasteiger partial charge in [0.25, 0.3) is 0 Å². The van der Waals surface area contributed by atoms with Crippen LogP contribution in [0.25, 0.3) is 0 Å². The summed E-state index contributed by atoms with van der Waals surface area (Å²) in [5.74, 6) is 0.292. The van der Waals surface area contributed by atoms with Crippen LogP contribution < -0.4 is 10.0 Å². The maximum absolute atomic E-state index is 12.2. The molecule has 0 unspecified atom stereocenters. The Hall–Kier alpha value is -0.850. The smallest absolute Gasteiger partial charge is 0.242 e. The molecule has 0 saturated heterocycles. The molecule has 0 fully saturated rings. The molecule has 0 spiro atoms. The monoisotopic (exact) mass is 301 g/mol. The van der Waals surface area contributed by atoms with E-state index in [9.17, 15) is 8.42 Å². The maximum atomic E-state index is 12.2. The van der Waals surface area contributed by atoms with Gasteiger partial charge in [0.2, 0.25) is 10.0 Å². The van der Waals surface area contributed by atoms with Crippen LogP contribution in [0.2, 0.25) is 0 Å².